The van der Waals surface area contributed by atoms with Crippen LogP contribution in [0.2, 0.25) is 0 Å². The Balaban J connectivity index is 2.13. The van der Waals surface area contributed by atoms with Gasteiger partial charge >= 0.3 is 5.97 Å². The van der Waals surface area contributed by atoms with Gasteiger partial charge in [-0.25, -0.2) is 4.79 Å². The van der Waals surface area contributed by atoms with Gasteiger partial charge in [-0.05, 0) is 23.6 Å². The van der Waals surface area contributed by atoms with Crippen molar-refractivity contribution in [1.82, 2.24) is 4.57 Å². The minimum Gasteiger partial charge on any atom is -0.477 e. The van der Waals surface area contributed by atoms with Gasteiger partial charge in [-0.1, -0.05) is 49.4 Å². The van der Waals surface area contributed by atoms with E-state index in [1.165, 1.54) is 6.92 Å². The average Bonchev–Trinajstić information content (AvgIpc) is 2.99. The number of benzene rings is 2. The molecule has 146 valence electrons. The van der Waals surface area contributed by atoms with E-state index < -0.39 is 5.97 Å². The lowest BCUT2D eigenvalue weighted by atomic mass is 9.96. The van der Waals surface area contributed by atoms with Crippen LogP contribution < -0.4 is 5.32 Å². The summed E-state index contributed by atoms with van der Waals surface area (Å²) in [4.78, 5) is 23.3. The Morgan fingerprint density at radius 1 is 1.10 bits per heavy atom. The molecule has 0 aliphatic carbocycles. The monoisotopic (exact) mass is 387 g/mol. The molecular formula is C23H21N3O3. The van der Waals surface area contributed by atoms with E-state index in [0.717, 1.165) is 11.1 Å². The van der Waals surface area contributed by atoms with E-state index in [4.69, 9.17) is 0 Å². The van der Waals surface area contributed by atoms with Gasteiger partial charge < -0.3 is 15.0 Å². The highest BCUT2D eigenvalue weighted by Gasteiger charge is 2.25. The molecule has 3 aromatic rings. The number of carbonyl (C=O) groups is 2. The quantitative estimate of drug-likeness (QED) is 0.676. The second kappa shape index (κ2) is 8.03. The molecule has 0 atom stereocenters. The van der Waals surface area contributed by atoms with Crippen LogP contribution in [0, 0.1) is 11.3 Å². The summed E-state index contributed by atoms with van der Waals surface area (Å²) < 4.78 is 1.58. The molecule has 0 bridgehead atoms. The fraction of sp³-hybridized carbons (Fsp3) is 0.174. The Morgan fingerprint density at radius 2 is 1.72 bits per heavy atom. The van der Waals surface area contributed by atoms with E-state index in [1.807, 2.05) is 55.5 Å². The summed E-state index contributed by atoms with van der Waals surface area (Å²) in [7, 11) is 1.67. The Labute approximate surface area is 169 Å². The summed E-state index contributed by atoms with van der Waals surface area (Å²) >= 11 is 0. The van der Waals surface area contributed by atoms with Crippen LogP contribution in [0.1, 0.15) is 35.6 Å². The Morgan fingerprint density at radius 3 is 2.28 bits per heavy atom. The van der Waals surface area contributed by atoms with Gasteiger partial charge in [0.15, 0.2) is 0 Å². The van der Waals surface area contributed by atoms with Crippen LogP contribution in [0.4, 0.5) is 5.69 Å². The van der Waals surface area contributed by atoms with E-state index >= 15 is 0 Å². The number of nitriles is 1. The molecule has 0 radical (unpaired) electrons. The summed E-state index contributed by atoms with van der Waals surface area (Å²) in [6.07, 6.45) is 0.557. The number of nitrogens with zero attached hydrogens (tertiary/aromatic N) is 2. The van der Waals surface area contributed by atoms with Crippen molar-refractivity contribution in [3.63, 3.8) is 0 Å². The Kier molecular flexibility index (Phi) is 5.51. The number of aromatic nitrogens is 1. The van der Waals surface area contributed by atoms with Crippen LogP contribution in [0.15, 0.2) is 48.5 Å². The molecule has 0 spiro atoms. The maximum Gasteiger partial charge on any atom is 0.353 e. The first-order chi connectivity index (χ1) is 13.9. The highest BCUT2D eigenvalue weighted by molar-refractivity contribution is 5.98. The number of anilines is 1. The summed E-state index contributed by atoms with van der Waals surface area (Å²) in [5.74, 6) is -1.23. The zero-order valence-electron chi connectivity index (χ0n) is 16.5. The number of hydrogen-bond acceptors (Lipinski definition) is 3. The second-order valence-electron chi connectivity index (χ2n) is 6.68. The van der Waals surface area contributed by atoms with Crippen molar-refractivity contribution in [2.24, 2.45) is 7.05 Å². The molecule has 3 rings (SSSR count). The minimum atomic E-state index is -1.07. The van der Waals surface area contributed by atoms with Crippen molar-refractivity contribution < 1.29 is 14.7 Å². The van der Waals surface area contributed by atoms with Gasteiger partial charge in [0.2, 0.25) is 5.91 Å². The largest absolute Gasteiger partial charge is 0.477 e. The van der Waals surface area contributed by atoms with E-state index in [0.29, 0.717) is 34.5 Å². The SMILES string of the molecule is CCc1c(C#N)c(-c2ccc(-c3ccccc3NC(C)=O)cc2)c(C(=O)O)n1C. The zero-order chi connectivity index (χ0) is 21.1. The van der Waals surface area contributed by atoms with Crippen LogP contribution >= 0.6 is 0 Å². The zero-order valence-corrected chi connectivity index (χ0v) is 16.5. The van der Waals surface area contributed by atoms with Gasteiger partial charge in [-0.15, -0.1) is 0 Å². The molecule has 1 amide bonds. The average molecular weight is 387 g/mol. The Bertz CT molecular complexity index is 1140. The lowest BCUT2D eigenvalue weighted by molar-refractivity contribution is -0.114. The molecule has 0 saturated heterocycles. The maximum atomic E-state index is 11.9. The van der Waals surface area contributed by atoms with Gasteiger partial charge in [0.1, 0.15) is 11.8 Å². The fourth-order valence-corrected chi connectivity index (χ4v) is 3.65. The number of rotatable bonds is 5. The number of para-hydroxylation sites is 1. The molecule has 0 aliphatic rings. The van der Waals surface area contributed by atoms with E-state index in [-0.39, 0.29) is 11.6 Å². The van der Waals surface area contributed by atoms with Gasteiger partial charge in [0.05, 0.1) is 5.56 Å². The molecule has 2 aromatic carbocycles. The molecule has 0 aliphatic heterocycles. The third kappa shape index (κ3) is 3.63. The number of carboxylic acids is 1. The molecule has 0 fully saturated rings. The third-order valence-electron chi connectivity index (χ3n) is 4.89. The standard InChI is InChI=1S/C23H21N3O3/c1-4-20-18(13-24)21(22(23(28)29)26(20)3)16-11-9-15(10-12-16)17-7-5-6-8-19(17)25-14(2)27/h5-12H,4H2,1-3H3,(H,25,27)(H,28,29). The number of amides is 1. The fourth-order valence-electron chi connectivity index (χ4n) is 3.65. The predicted octanol–water partition coefficient (Wildman–Crippen LogP) is 4.45. The van der Waals surface area contributed by atoms with Crippen LogP contribution in [0.5, 0.6) is 0 Å². The van der Waals surface area contributed by atoms with Crippen molar-refractivity contribution >= 4 is 17.6 Å². The molecule has 1 heterocycles. The van der Waals surface area contributed by atoms with Crippen LogP contribution in [-0.2, 0) is 18.3 Å². The predicted molar refractivity (Wildman–Crippen MR) is 112 cm³/mol. The molecule has 6 nitrogen and oxygen atoms in total. The third-order valence-corrected chi connectivity index (χ3v) is 4.89. The first kappa shape index (κ1) is 19.9. The number of carbonyl (C=O) groups excluding carboxylic acids is 1. The highest BCUT2D eigenvalue weighted by atomic mass is 16.4. The van der Waals surface area contributed by atoms with Gasteiger partial charge in [0.25, 0.3) is 0 Å². The highest BCUT2D eigenvalue weighted by Crippen LogP contribution is 2.35. The maximum absolute atomic E-state index is 11.9. The lowest BCUT2D eigenvalue weighted by Gasteiger charge is -2.11. The van der Waals surface area contributed by atoms with Crippen molar-refractivity contribution in [3.8, 4) is 28.3 Å². The van der Waals surface area contributed by atoms with E-state index in [1.54, 1.807) is 11.6 Å². The number of nitrogens with one attached hydrogen (secondary N) is 1. The summed E-state index contributed by atoms with van der Waals surface area (Å²) in [6, 6.07) is 17.0. The smallest absolute Gasteiger partial charge is 0.353 e. The number of hydrogen-bond donors (Lipinski definition) is 2. The van der Waals surface area contributed by atoms with Crippen LogP contribution in [0.25, 0.3) is 22.3 Å². The topological polar surface area (TPSA) is 95.1 Å². The van der Waals surface area contributed by atoms with Gasteiger partial charge in [-0.3, -0.25) is 4.79 Å². The molecule has 0 saturated carbocycles. The minimum absolute atomic E-state index is 0.102. The van der Waals surface area contributed by atoms with Crippen LogP contribution in [0.3, 0.4) is 0 Å². The second-order valence-corrected chi connectivity index (χ2v) is 6.68. The first-order valence-corrected chi connectivity index (χ1v) is 9.21. The van der Waals surface area contributed by atoms with E-state index in [9.17, 15) is 20.0 Å². The molecule has 6 heteroatoms. The van der Waals surface area contributed by atoms with Gasteiger partial charge in [-0.2, -0.15) is 5.26 Å². The molecule has 2 N–H and O–H groups in total. The summed E-state index contributed by atoms with van der Waals surface area (Å²) in [6.45, 7) is 3.35. The Hall–Kier alpha value is -3.85. The van der Waals surface area contributed by atoms with Gasteiger partial charge in [0, 0.05) is 36.5 Å². The molecular weight excluding hydrogens is 366 g/mol. The first-order valence-electron chi connectivity index (χ1n) is 9.21. The molecule has 29 heavy (non-hydrogen) atoms. The number of carboxylic acid groups (broad SMARTS) is 1. The number of aromatic carboxylic acids is 1. The lowest BCUT2D eigenvalue weighted by Crippen LogP contribution is -2.07. The van der Waals surface area contributed by atoms with Crippen LogP contribution in [-0.4, -0.2) is 21.6 Å². The van der Waals surface area contributed by atoms with Crippen molar-refractivity contribution in [2.75, 3.05) is 5.32 Å². The summed E-state index contributed by atoms with van der Waals surface area (Å²) in [5.41, 5.74) is 4.71. The van der Waals surface area contributed by atoms with E-state index in [2.05, 4.69) is 11.4 Å². The summed E-state index contributed by atoms with van der Waals surface area (Å²) in [5, 5.41) is 22.2. The molecule has 1 aromatic heterocycles. The van der Waals surface area contributed by atoms with Crippen molar-refractivity contribution in [1.29, 1.82) is 5.26 Å². The molecule has 0 unspecified atom stereocenters. The normalized spacial score (nSPS) is 10.4. The van der Waals surface area contributed by atoms with Crippen molar-refractivity contribution in [3.05, 3.63) is 65.5 Å². The van der Waals surface area contributed by atoms with Crippen molar-refractivity contribution in [2.45, 2.75) is 20.3 Å².